The van der Waals surface area contributed by atoms with Crippen LogP contribution >= 0.6 is 12.2 Å². The van der Waals surface area contributed by atoms with Crippen LogP contribution in [0.15, 0.2) is 23.3 Å². The van der Waals surface area contributed by atoms with Crippen molar-refractivity contribution in [2.75, 3.05) is 0 Å². The number of aromatic nitrogens is 5. The second-order valence-electron chi connectivity index (χ2n) is 5.11. The molecule has 0 unspecified atom stereocenters. The van der Waals surface area contributed by atoms with Gasteiger partial charge >= 0.3 is 0 Å². The molecule has 0 aliphatic carbocycles. The summed E-state index contributed by atoms with van der Waals surface area (Å²) in [5, 5.41) is 10.6. The molecule has 3 aromatic rings. The van der Waals surface area contributed by atoms with E-state index in [0.717, 1.165) is 0 Å². The van der Waals surface area contributed by atoms with Crippen molar-refractivity contribution < 1.29 is 5.11 Å². The third-order valence-corrected chi connectivity index (χ3v) is 4.29. The number of imidazole rings is 1. The third kappa shape index (κ3) is 2.17. The van der Waals surface area contributed by atoms with Crippen molar-refractivity contribution in [3.05, 3.63) is 39.3 Å². The first kappa shape index (κ1) is 15.4. The first-order valence-corrected chi connectivity index (χ1v) is 7.78. The maximum absolute atomic E-state index is 12.9. The van der Waals surface area contributed by atoms with E-state index in [-0.39, 0.29) is 17.0 Å². The quantitative estimate of drug-likeness (QED) is 0.744. The molecule has 0 aromatic carbocycles. The highest BCUT2D eigenvalue weighted by molar-refractivity contribution is 7.71. The monoisotopic (exact) mass is 331 g/mol. The fraction of sp³-hybridized carbons (Fsp3) is 0.333. The van der Waals surface area contributed by atoms with E-state index < -0.39 is 0 Å². The van der Waals surface area contributed by atoms with E-state index in [2.05, 4.69) is 9.97 Å². The topological polar surface area (TPSA) is 77.3 Å². The van der Waals surface area contributed by atoms with Gasteiger partial charge in [-0.25, -0.2) is 9.97 Å². The molecule has 0 saturated carbocycles. The molecule has 3 heterocycles. The predicted molar refractivity (Wildman–Crippen MR) is 89.3 cm³/mol. The Hall–Kier alpha value is -2.48. The first-order valence-electron chi connectivity index (χ1n) is 7.37. The number of hydrogen-bond donors (Lipinski definition) is 1. The minimum Gasteiger partial charge on any atom is -0.494 e. The van der Waals surface area contributed by atoms with Crippen molar-refractivity contribution in [1.29, 1.82) is 0 Å². The Balaban J connectivity index is 2.51. The molecule has 0 amide bonds. The zero-order valence-electron chi connectivity index (χ0n) is 13.1. The van der Waals surface area contributed by atoms with E-state index in [1.165, 1.54) is 4.57 Å². The van der Waals surface area contributed by atoms with Crippen molar-refractivity contribution in [3.8, 4) is 17.1 Å². The summed E-state index contributed by atoms with van der Waals surface area (Å²) in [6.07, 6.45) is 3.40. The second-order valence-corrected chi connectivity index (χ2v) is 5.48. The van der Waals surface area contributed by atoms with Gasteiger partial charge in [0.2, 0.25) is 11.7 Å². The van der Waals surface area contributed by atoms with E-state index in [1.54, 1.807) is 34.4 Å². The summed E-state index contributed by atoms with van der Waals surface area (Å²) in [6.45, 7) is 6.40. The Kier molecular flexibility index (Phi) is 3.77. The fourth-order valence-electron chi connectivity index (χ4n) is 2.76. The van der Waals surface area contributed by atoms with Crippen LogP contribution in [0.5, 0.6) is 5.88 Å². The molecule has 8 heteroatoms. The molecule has 0 saturated heterocycles. The molecule has 0 aliphatic rings. The van der Waals surface area contributed by atoms with Crippen LogP contribution in [0.1, 0.15) is 19.5 Å². The Bertz CT molecular complexity index is 1020. The standard InChI is InChI=1S/C15H17N5O2S/c1-4-18-12(21)10(13(22)19(5-2)15(18)23)11-9(3)17-14-16-7-6-8-20(11)14/h6-8,21H,4-5H2,1-3H3. The molecule has 0 fully saturated rings. The summed E-state index contributed by atoms with van der Waals surface area (Å²) in [6, 6.07) is 1.75. The fourth-order valence-corrected chi connectivity index (χ4v) is 3.19. The lowest BCUT2D eigenvalue weighted by Crippen LogP contribution is -2.26. The van der Waals surface area contributed by atoms with Crippen LogP contribution in [-0.4, -0.2) is 28.6 Å². The summed E-state index contributed by atoms with van der Waals surface area (Å²) < 4.78 is 5.04. The molecule has 120 valence electrons. The molecule has 7 nitrogen and oxygen atoms in total. The first-order chi connectivity index (χ1) is 11.0. The molecule has 3 aromatic heterocycles. The molecule has 0 radical (unpaired) electrons. The van der Waals surface area contributed by atoms with Crippen molar-refractivity contribution in [3.63, 3.8) is 0 Å². The zero-order chi connectivity index (χ0) is 16.7. The molecule has 23 heavy (non-hydrogen) atoms. The number of fused-ring (bicyclic) bond motifs is 1. The highest BCUT2D eigenvalue weighted by atomic mass is 32.1. The van der Waals surface area contributed by atoms with Crippen LogP contribution in [0, 0.1) is 11.7 Å². The van der Waals surface area contributed by atoms with Gasteiger partial charge < -0.3 is 5.11 Å². The third-order valence-electron chi connectivity index (χ3n) is 3.85. The number of aryl methyl sites for hydroxylation is 1. The van der Waals surface area contributed by atoms with Gasteiger partial charge in [0.05, 0.1) is 11.4 Å². The van der Waals surface area contributed by atoms with Gasteiger partial charge in [-0.3, -0.25) is 18.3 Å². The van der Waals surface area contributed by atoms with Gasteiger partial charge in [-0.2, -0.15) is 0 Å². The number of rotatable bonds is 3. The van der Waals surface area contributed by atoms with Crippen molar-refractivity contribution in [2.24, 2.45) is 0 Å². The zero-order valence-corrected chi connectivity index (χ0v) is 14.0. The Morgan fingerprint density at radius 1 is 1.26 bits per heavy atom. The van der Waals surface area contributed by atoms with Gasteiger partial charge in [-0.1, -0.05) is 0 Å². The van der Waals surface area contributed by atoms with Gasteiger partial charge in [0.25, 0.3) is 5.56 Å². The maximum Gasteiger partial charge on any atom is 0.267 e. The van der Waals surface area contributed by atoms with E-state index in [0.29, 0.717) is 35.0 Å². The molecule has 0 aliphatic heterocycles. The molecular formula is C15H17N5O2S. The van der Waals surface area contributed by atoms with Gasteiger partial charge in [-0.15, -0.1) is 0 Å². The average Bonchev–Trinajstić information content (AvgIpc) is 2.85. The second kappa shape index (κ2) is 5.62. The summed E-state index contributed by atoms with van der Waals surface area (Å²) in [4.78, 5) is 21.4. The molecule has 3 rings (SSSR count). The van der Waals surface area contributed by atoms with E-state index >= 15 is 0 Å². The van der Waals surface area contributed by atoms with Gasteiger partial charge in [0.1, 0.15) is 5.56 Å². The molecular weight excluding hydrogens is 314 g/mol. The molecule has 0 bridgehead atoms. The van der Waals surface area contributed by atoms with E-state index in [1.807, 2.05) is 13.8 Å². The van der Waals surface area contributed by atoms with Crippen LogP contribution in [0.3, 0.4) is 0 Å². The van der Waals surface area contributed by atoms with Crippen LogP contribution < -0.4 is 5.56 Å². The molecule has 0 spiro atoms. The normalized spacial score (nSPS) is 11.3. The maximum atomic E-state index is 12.9. The summed E-state index contributed by atoms with van der Waals surface area (Å²) in [5.74, 6) is 0.341. The SMILES string of the molecule is CCn1c(O)c(-c2c(C)nc3ncccn23)c(=O)n(CC)c1=S. The van der Waals surface area contributed by atoms with Gasteiger partial charge in [0, 0.05) is 25.5 Å². The highest BCUT2D eigenvalue weighted by Gasteiger charge is 2.22. The highest BCUT2D eigenvalue weighted by Crippen LogP contribution is 2.29. The summed E-state index contributed by atoms with van der Waals surface area (Å²) in [5.41, 5.74) is 1.03. The molecule has 1 N–H and O–H groups in total. The van der Waals surface area contributed by atoms with Crippen molar-refractivity contribution in [2.45, 2.75) is 33.9 Å². The Morgan fingerprint density at radius 3 is 2.61 bits per heavy atom. The smallest absolute Gasteiger partial charge is 0.267 e. The Morgan fingerprint density at radius 2 is 1.96 bits per heavy atom. The minimum absolute atomic E-state index is 0.138. The van der Waals surface area contributed by atoms with Gasteiger partial charge in [-0.05, 0) is 39.1 Å². The van der Waals surface area contributed by atoms with Crippen LogP contribution in [0.4, 0.5) is 0 Å². The molecule has 0 atom stereocenters. The van der Waals surface area contributed by atoms with E-state index in [9.17, 15) is 9.90 Å². The predicted octanol–water partition coefficient (Wildman–Crippen LogP) is 2.14. The lowest BCUT2D eigenvalue weighted by Gasteiger charge is -2.15. The minimum atomic E-state index is -0.326. The Labute approximate surface area is 137 Å². The number of nitrogens with zero attached hydrogens (tertiary/aromatic N) is 5. The number of aromatic hydroxyl groups is 1. The van der Waals surface area contributed by atoms with Crippen LogP contribution in [0.2, 0.25) is 0 Å². The summed E-state index contributed by atoms with van der Waals surface area (Å²) in [7, 11) is 0. The van der Waals surface area contributed by atoms with Crippen LogP contribution in [-0.2, 0) is 13.1 Å². The van der Waals surface area contributed by atoms with Crippen LogP contribution in [0.25, 0.3) is 17.0 Å². The lowest BCUT2D eigenvalue weighted by molar-refractivity contribution is 0.403. The van der Waals surface area contributed by atoms with Crippen molar-refractivity contribution in [1.82, 2.24) is 23.5 Å². The summed E-state index contributed by atoms with van der Waals surface area (Å²) >= 11 is 5.31. The van der Waals surface area contributed by atoms with Crippen molar-refractivity contribution >= 4 is 18.0 Å². The average molecular weight is 331 g/mol. The number of hydrogen-bond acceptors (Lipinski definition) is 5. The van der Waals surface area contributed by atoms with E-state index in [4.69, 9.17) is 12.2 Å². The van der Waals surface area contributed by atoms with Gasteiger partial charge in [0.15, 0.2) is 4.77 Å². The lowest BCUT2D eigenvalue weighted by atomic mass is 10.2. The largest absolute Gasteiger partial charge is 0.494 e.